The summed E-state index contributed by atoms with van der Waals surface area (Å²) in [5.41, 5.74) is 0.295. The second-order valence-electron chi connectivity index (χ2n) is 5.60. The Labute approximate surface area is 139 Å². The molecule has 0 bridgehead atoms. The Morgan fingerprint density at radius 2 is 1.54 bits per heavy atom. The van der Waals surface area contributed by atoms with Crippen LogP contribution in [0.15, 0.2) is 65.1 Å². The van der Waals surface area contributed by atoms with E-state index in [-0.39, 0.29) is 18.1 Å². The minimum Gasteiger partial charge on any atom is -0.475 e. The van der Waals surface area contributed by atoms with Crippen molar-refractivity contribution in [2.24, 2.45) is 0 Å². The minimum atomic E-state index is -1.37. The van der Waals surface area contributed by atoms with Crippen molar-refractivity contribution in [2.75, 3.05) is 0 Å². The van der Waals surface area contributed by atoms with Crippen molar-refractivity contribution in [3.8, 4) is 0 Å². The molecule has 2 aromatic carbocycles. The highest BCUT2D eigenvalue weighted by atomic mass is 16.4. The van der Waals surface area contributed by atoms with Crippen molar-refractivity contribution in [1.29, 1.82) is 0 Å². The van der Waals surface area contributed by atoms with Gasteiger partial charge in [0.05, 0.1) is 12.1 Å². The lowest BCUT2D eigenvalue weighted by atomic mass is 9.83. The van der Waals surface area contributed by atoms with Gasteiger partial charge in [0.2, 0.25) is 5.76 Å². The summed E-state index contributed by atoms with van der Waals surface area (Å²) in [5, 5.41) is 20.5. The Bertz CT molecular complexity index is 801. The quantitative estimate of drug-likeness (QED) is 0.753. The van der Waals surface area contributed by atoms with Gasteiger partial charge in [-0.25, -0.2) is 9.78 Å². The molecule has 0 aliphatic heterocycles. The molecule has 0 radical (unpaired) electrons. The number of hydrogen-bond donors (Lipinski definition) is 2. The van der Waals surface area contributed by atoms with Crippen LogP contribution in [0.5, 0.6) is 0 Å². The van der Waals surface area contributed by atoms with Gasteiger partial charge in [0.25, 0.3) is 0 Å². The molecule has 3 aromatic rings. The van der Waals surface area contributed by atoms with E-state index in [1.807, 2.05) is 60.7 Å². The van der Waals surface area contributed by atoms with E-state index in [1.165, 1.54) is 0 Å². The standard InChI is InChI=1S/C19H17NO4/c1-13-17(18(21)22)24-16(20-13)12-19(23,14-8-4-2-5-9-14)15-10-6-3-7-11-15/h2-11,23H,12H2,1H3,(H,21,22). The summed E-state index contributed by atoms with van der Waals surface area (Å²) < 4.78 is 5.34. The Hall–Kier alpha value is -2.92. The van der Waals surface area contributed by atoms with Crippen LogP contribution in [0.2, 0.25) is 0 Å². The second-order valence-corrected chi connectivity index (χ2v) is 5.60. The molecule has 0 saturated heterocycles. The van der Waals surface area contributed by atoms with Crippen LogP contribution in [0.25, 0.3) is 0 Å². The van der Waals surface area contributed by atoms with Crippen molar-refractivity contribution in [1.82, 2.24) is 4.98 Å². The molecule has 5 heteroatoms. The zero-order chi connectivity index (χ0) is 17.2. The molecule has 0 unspecified atom stereocenters. The number of aryl methyl sites for hydroxylation is 1. The van der Waals surface area contributed by atoms with E-state index in [2.05, 4.69) is 4.98 Å². The van der Waals surface area contributed by atoms with E-state index in [9.17, 15) is 9.90 Å². The molecule has 0 fully saturated rings. The van der Waals surface area contributed by atoms with Gasteiger partial charge >= 0.3 is 5.97 Å². The second kappa shape index (κ2) is 6.29. The zero-order valence-corrected chi connectivity index (χ0v) is 13.1. The van der Waals surface area contributed by atoms with Crippen LogP contribution in [-0.4, -0.2) is 21.2 Å². The Morgan fingerprint density at radius 1 is 1.04 bits per heavy atom. The fourth-order valence-electron chi connectivity index (χ4n) is 2.74. The Balaban J connectivity index is 2.06. The van der Waals surface area contributed by atoms with E-state index in [1.54, 1.807) is 6.92 Å². The van der Waals surface area contributed by atoms with E-state index < -0.39 is 11.6 Å². The van der Waals surface area contributed by atoms with Crippen molar-refractivity contribution in [2.45, 2.75) is 18.9 Å². The van der Waals surface area contributed by atoms with Crippen LogP contribution in [0.1, 0.15) is 33.3 Å². The molecule has 0 amide bonds. The van der Waals surface area contributed by atoms with Crippen molar-refractivity contribution >= 4 is 5.97 Å². The maximum Gasteiger partial charge on any atom is 0.373 e. The fourth-order valence-corrected chi connectivity index (χ4v) is 2.74. The maximum absolute atomic E-state index is 11.4. The van der Waals surface area contributed by atoms with Gasteiger partial charge in [0.15, 0.2) is 5.89 Å². The predicted octanol–water partition coefficient (Wildman–Crippen LogP) is 3.16. The minimum absolute atomic E-state index is 0.0369. The zero-order valence-electron chi connectivity index (χ0n) is 13.1. The van der Waals surface area contributed by atoms with E-state index in [0.717, 1.165) is 0 Å². The first-order valence-corrected chi connectivity index (χ1v) is 7.54. The summed E-state index contributed by atoms with van der Waals surface area (Å²) in [6.45, 7) is 1.57. The SMILES string of the molecule is Cc1nc(CC(O)(c2ccccc2)c2ccccc2)oc1C(=O)O. The summed E-state index contributed by atoms with van der Waals surface area (Å²) in [6.07, 6.45) is 0.0369. The molecule has 0 spiro atoms. The largest absolute Gasteiger partial charge is 0.475 e. The number of aliphatic hydroxyl groups is 1. The summed E-state index contributed by atoms with van der Waals surface area (Å²) in [6, 6.07) is 18.4. The Kier molecular flexibility index (Phi) is 4.18. The number of carboxylic acids is 1. The average Bonchev–Trinajstić information content (AvgIpc) is 2.97. The maximum atomic E-state index is 11.4. The van der Waals surface area contributed by atoms with Crippen LogP contribution < -0.4 is 0 Å². The highest BCUT2D eigenvalue weighted by Gasteiger charge is 2.34. The lowest BCUT2D eigenvalue weighted by Gasteiger charge is -2.28. The molecular formula is C19H17NO4. The number of aromatic carboxylic acids is 1. The van der Waals surface area contributed by atoms with Gasteiger partial charge in [-0.3, -0.25) is 0 Å². The average molecular weight is 323 g/mol. The number of nitrogens with zero attached hydrogens (tertiary/aromatic N) is 1. The molecule has 1 aromatic heterocycles. The normalized spacial score (nSPS) is 11.4. The van der Waals surface area contributed by atoms with Crippen molar-refractivity contribution in [3.05, 3.63) is 89.1 Å². The monoisotopic (exact) mass is 323 g/mol. The molecule has 1 heterocycles. The van der Waals surface area contributed by atoms with Crippen LogP contribution in [0, 0.1) is 6.92 Å². The third-order valence-corrected chi connectivity index (χ3v) is 3.94. The topological polar surface area (TPSA) is 83.6 Å². The third kappa shape index (κ3) is 2.94. The van der Waals surface area contributed by atoms with E-state index in [0.29, 0.717) is 16.8 Å². The molecule has 0 saturated carbocycles. The van der Waals surface area contributed by atoms with Gasteiger partial charge in [-0.15, -0.1) is 0 Å². The molecule has 0 atom stereocenters. The Morgan fingerprint density at radius 3 is 1.96 bits per heavy atom. The molecule has 3 rings (SSSR count). The number of oxazole rings is 1. The molecule has 24 heavy (non-hydrogen) atoms. The van der Waals surface area contributed by atoms with E-state index in [4.69, 9.17) is 9.52 Å². The third-order valence-electron chi connectivity index (χ3n) is 3.94. The lowest BCUT2D eigenvalue weighted by molar-refractivity contribution is 0.0627. The summed E-state index contributed by atoms with van der Waals surface area (Å²) >= 11 is 0. The summed E-state index contributed by atoms with van der Waals surface area (Å²) in [7, 11) is 0. The van der Waals surface area contributed by atoms with E-state index >= 15 is 0 Å². The predicted molar refractivity (Wildman–Crippen MR) is 87.8 cm³/mol. The number of aromatic nitrogens is 1. The first kappa shape index (κ1) is 16.0. The smallest absolute Gasteiger partial charge is 0.373 e. The van der Waals surface area contributed by atoms with Gasteiger partial charge in [-0.2, -0.15) is 0 Å². The fraction of sp³-hybridized carbons (Fsp3) is 0.158. The number of carboxylic acid groups (broad SMARTS) is 1. The van der Waals surface area contributed by atoms with Crippen molar-refractivity contribution < 1.29 is 19.4 Å². The van der Waals surface area contributed by atoms with Crippen LogP contribution in [-0.2, 0) is 12.0 Å². The molecule has 0 aliphatic carbocycles. The number of carbonyl (C=O) groups is 1. The summed E-state index contributed by atoms with van der Waals surface area (Å²) in [5.74, 6) is -1.19. The highest BCUT2D eigenvalue weighted by Crippen LogP contribution is 2.33. The molecule has 122 valence electrons. The first-order valence-electron chi connectivity index (χ1n) is 7.54. The van der Waals surface area contributed by atoms with Gasteiger partial charge < -0.3 is 14.6 Å². The lowest BCUT2D eigenvalue weighted by Crippen LogP contribution is -2.30. The van der Waals surface area contributed by atoms with Gasteiger partial charge in [-0.05, 0) is 18.1 Å². The number of rotatable bonds is 5. The van der Waals surface area contributed by atoms with Gasteiger partial charge in [0.1, 0.15) is 5.60 Å². The highest BCUT2D eigenvalue weighted by molar-refractivity contribution is 5.85. The van der Waals surface area contributed by atoms with Gasteiger partial charge in [-0.1, -0.05) is 60.7 Å². The van der Waals surface area contributed by atoms with Gasteiger partial charge in [0, 0.05) is 0 Å². The van der Waals surface area contributed by atoms with Crippen molar-refractivity contribution in [3.63, 3.8) is 0 Å². The number of benzene rings is 2. The van der Waals surface area contributed by atoms with Crippen LogP contribution >= 0.6 is 0 Å². The van der Waals surface area contributed by atoms with Crippen LogP contribution in [0.4, 0.5) is 0 Å². The molecule has 2 N–H and O–H groups in total. The summed E-state index contributed by atoms with van der Waals surface area (Å²) in [4.78, 5) is 15.3. The molecular weight excluding hydrogens is 306 g/mol. The number of hydrogen-bond acceptors (Lipinski definition) is 4. The molecule has 5 nitrogen and oxygen atoms in total. The van der Waals surface area contributed by atoms with Crippen LogP contribution in [0.3, 0.4) is 0 Å². The first-order chi connectivity index (χ1) is 11.5. The molecule has 0 aliphatic rings.